The zero-order chi connectivity index (χ0) is 13.2. The minimum atomic E-state index is -0.980. The lowest BCUT2D eigenvalue weighted by molar-refractivity contribution is -0.000269. The Balaban J connectivity index is 2.05. The van der Waals surface area contributed by atoms with E-state index in [1.165, 1.54) is 11.9 Å². The van der Waals surface area contributed by atoms with Crippen LogP contribution in [-0.4, -0.2) is 39.8 Å². The summed E-state index contributed by atoms with van der Waals surface area (Å²) in [5, 5.41) is 27.8. The third-order valence-electron chi connectivity index (χ3n) is 2.88. The van der Waals surface area contributed by atoms with Crippen molar-refractivity contribution < 1.29 is 10.2 Å². The van der Waals surface area contributed by atoms with E-state index in [0.717, 1.165) is 15.9 Å². The third kappa shape index (κ3) is 3.05. The van der Waals surface area contributed by atoms with Gasteiger partial charge in [0.1, 0.15) is 5.60 Å². The van der Waals surface area contributed by atoms with Crippen molar-refractivity contribution in [3.05, 3.63) is 28.2 Å². The molecule has 0 bridgehead atoms. The van der Waals surface area contributed by atoms with E-state index in [0.29, 0.717) is 18.5 Å². The first kappa shape index (κ1) is 13.8. The minimum absolute atomic E-state index is 0.210. The first-order valence-electron chi connectivity index (χ1n) is 5.52. The summed E-state index contributed by atoms with van der Waals surface area (Å²) < 4.78 is 2.88. The van der Waals surface area contributed by atoms with Crippen molar-refractivity contribution >= 4 is 27.9 Å². The fraction of sp³-hybridized carbons (Fsp3) is 0.417. The molecule has 0 amide bonds. The Morgan fingerprint density at radius 2 is 2.33 bits per heavy atom. The number of hydrogen-bond acceptors (Lipinski definition) is 5. The Kier molecular flexibility index (Phi) is 4.30. The molecule has 1 atom stereocenters. The van der Waals surface area contributed by atoms with Gasteiger partial charge in [0.05, 0.1) is 18.2 Å². The van der Waals surface area contributed by atoms with E-state index in [-0.39, 0.29) is 6.61 Å². The lowest BCUT2D eigenvalue weighted by Gasteiger charge is -2.20. The highest BCUT2D eigenvalue weighted by molar-refractivity contribution is 9.10. The zero-order valence-electron chi connectivity index (χ0n) is 9.64. The van der Waals surface area contributed by atoms with Gasteiger partial charge in [-0.25, -0.2) is 4.31 Å². The molecular formula is C12H13BrN2O2S. The number of β-amino-alcohol motifs (C(OH)–C–C–N with tert-alkyl or cyclic N) is 1. The molecule has 1 fully saturated rings. The van der Waals surface area contributed by atoms with Gasteiger partial charge in [0, 0.05) is 22.5 Å². The predicted molar refractivity (Wildman–Crippen MR) is 72.9 cm³/mol. The molecule has 1 aromatic carbocycles. The van der Waals surface area contributed by atoms with Crippen molar-refractivity contribution in [3.8, 4) is 6.07 Å². The molecule has 1 heterocycles. The van der Waals surface area contributed by atoms with E-state index >= 15 is 0 Å². The van der Waals surface area contributed by atoms with Crippen LogP contribution in [0.4, 0.5) is 0 Å². The van der Waals surface area contributed by atoms with Crippen LogP contribution < -0.4 is 0 Å². The van der Waals surface area contributed by atoms with Crippen LogP contribution in [0.15, 0.2) is 27.6 Å². The molecule has 1 unspecified atom stereocenters. The summed E-state index contributed by atoms with van der Waals surface area (Å²) in [5.41, 5.74) is -0.369. The summed E-state index contributed by atoms with van der Waals surface area (Å²) in [6, 6.07) is 7.50. The second-order valence-electron chi connectivity index (χ2n) is 4.34. The second-order valence-corrected chi connectivity index (χ2v) is 6.34. The predicted octanol–water partition coefficient (Wildman–Crippen LogP) is 1.76. The Morgan fingerprint density at radius 3 is 2.89 bits per heavy atom. The molecule has 1 aliphatic rings. The number of benzene rings is 1. The molecule has 0 spiro atoms. The molecule has 1 aromatic rings. The van der Waals surface area contributed by atoms with E-state index in [1.54, 1.807) is 12.1 Å². The topological polar surface area (TPSA) is 67.5 Å². The fourth-order valence-corrected chi connectivity index (χ4v) is 3.45. The van der Waals surface area contributed by atoms with Crippen molar-refractivity contribution in [3.63, 3.8) is 0 Å². The van der Waals surface area contributed by atoms with Gasteiger partial charge in [0.15, 0.2) is 0 Å². The van der Waals surface area contributed by atoms with E-state index in [9.17, 15) is 5.11 Å². The number of hydrogen-bond donors (Lipinski definition) is 2. The molecule has 2 rings (SSSR count). The highest BCUT2D eigenvalue weighted by Gasteiger charge is 2.36. The van der Waals surface area contributed by atoms with Gasteiger partial charge in [-0.15, -0.1) is 0 Å². The van der Waals surface area contributed by atoms with Crippen LogP contribution in [-0.2, 0) is 0 Å². The first-order chi connectivity index (χ1) is 8.56. The number of nitrogens with zero attached hydrogens (tertiary/aromatic N) is 2. The van der Waals surface area contributed by atoms with Crippen molar-refractivity contribution in [2.24, 2.45) is 0 Å². The van der Waals surface area contributed by atoms with Gasteiger partial charge in [-0.3, -0.25) is 0 Å². The summed E-state index contributed by atoms with van der Waals surface area (Å²) in [5.74, 6) is 0. The van der Waals surface area contributed by atoms with E-state index in [4.69, 9.17) is 10.4 Å². The summed E-state index contributed by atoms with van der Waals surface area (Å²) in [6.07, 6.45) is 0.574. The van der Waals surface area contributed by atoms with Gasteiger partial charge in [-0.05, 0) is 52.5 Å². The summed E-state index contributed by atoms with van der Waals surface area (Å²) in [6.45, 7) is 0.966. The summed E-state index contributed by atoms with van der Waals surface area (Å²) in [4.78, 5) is 0.996. The molecule has 0 aliphatic carbocycles. The van der Waals surface area contributed by atoms with Crippen molar-refractivity contribution in [1.82, 2.24) is 4.31 Å². The van der Waals surface area contributed by atoms with Crippen LogP contribution in [0.3, 0.4) is 0 Å². The van der Waals surface area contributed by atoms with Gasteiger partial charge in [-0.2, -0.15) is 5.26 Å². The van der Waals surface area contributed by atoms with Gasteiger partial charge in [-0.1, -0.05) is 0 Å². The average molecular weight is 329 g/mol. The monoisotopic (exact) mass is 328 g/mol. The SMILES string of the molecule is N#Cc1ccc(SN2CCC(O)(CO)C2)c(Br)c1. The van der Waals surface area contributed by atoms with Crippen LogP contribution in [0, 0.1) is 11.3 Å². The number of nitriles is 1. The molecule has 18 heavy (non-hydrogen) atoms. The minimum Gasteiger partial charge on any atom is -0.393 e. The fourth-order valence-electron chi connectivity index (χ4n) is 1.81. The molecule has 96 valence electrons. The van der Waals surface area contributed by atoms with Crippen molar-refractivity contribution in [2.75, 3.05) is 19.7 Å². The first-order valence-corrected chi connectivity index (χ1v) is 7.09. The van der Waals surface area contributed by atoms with Gasteiger partial charge in [0.25, 0.3) is 0 Å². The maximum Gasteiger partial charge on any atom is 0.102 e. The Hall–Kier alpha value is -0.580. The van der Waals surface area contributed by atoms with E-state index in [1.807, 2.05) is 10.4 Å². The van der Waals surface area contributed by atoms with Gasteiger partial charge < -0.3 is 10.2 Å². The molecule has 1 aliphatic heterocycles. The number of halogens is 1. The van der Waals surface area contributed by atoms with Crippen LogP contribution in [0.5, 0.6) is 0 Å². The lowest BCUT2D eigenvalue weighted by atomic mass is 10.1. The number of aliphatic hydroxyl groups is 2. The van der Waals surface area contributed by atoms with Gasteiger partial charge >= 0.3 is 0 Å². The van der Waals surface area contributed by atoms with Crippen LogP contribution >= 0.6 is 27.9 Å². The molecular weight excluding hydrogens is 316 g/mol. The summed E-state index contributed by atoms with van der Waals surface area (Å²) >= 11 is 4.95. The molecule has 0 aromatic heterocycles. The van der Waals surface area contributed by atoms with Crippen molar-refractivity contribution in [1.29, 1.82) is 5.26 Å². The third-order valence-corrected chi connectivity index (χ3v) is 4.92. The smallest absolute Gasteiger partial charge is 0.102 e. The van der Waals surface area contributed by atoms with E-state index in [2.05, 4.69) is 22.0 Å². The molecule has 0 saturated carbocycles. The molecule has 4 nitrogen and oxygen atoms in total. The Morgan fingerprint density at radius 1 is 1.56 bits per heavy atom. The summed E-state index contributed by atoms with van der Waals surface area (Å²) in [7, 11) is 0. The Labute approximate surface area is 118 Å². The Bertz CT molecular complexity index is 491. The zero-order valence-corrected chi connectivity index (χ0v) is 12.0. The van der Waals surface area contributed by atoms with Gasteiger partial charge in [0.2, 0.25) is 0 Å². The quantitative estimate of drug-likeness (QED) is 0.827. The molecule has 2 N–H and O–H groups in total. The largest absolute Gasteiger partial charge is 0.393 e. The molecule has 0 radical (unpaired) electrons. The molecule has 6 heteroatoms. The van der Waals surface area contributed by atoms with Crippen molar-refractivity contribution in [2.45, 2.75) is 16.9 Å². The normalized spacial score (nSPS) is 24.1. The number of rotatable bonds is 3. The standard InChI is InChI=1S/C12H13BrN2O2S/c13-10-5-9(6-14)1-2-11(10)18-15-4-3-12(17,7-15)8-16/h1-2,5,16-17H,3-4,7-8H2. The van der Waals surface area contributed by atoms with Crippen LogP contribution in [0.2, 0.25) is 0 Å². The lowest BCUT2D eigenvalue weighted by Crippen LogP contribution is -2.35. The molecule has 1 saturated heterocycles. The second kappa shape index (κ2) is 5.59. The number of aliphatic hydroxyl groups excluding tert-OH is 1. The maximum absolute atomic E-state index is 9.94. The highest BCUT2D eigenvalue weighted by atomic mass is 79.9. The van der Waals surface area contributed by atoms with E-state index < -0.39 is 5.60 Å². The van der Waals surface area contributed by atoms with Crippen LogP contribution in [0.25, 0.3) is 0 Å². The highest BCUT2D eigenvalue weighted by Crippen LogP contribution is 2.35. The average Bonchev–Trinajstić information content (AvgIpc) is 2.74. The van der Waals surface area contributed by atoms with Crippen LogP contribution in [0.1, 0.15) is 12.0 Å². The maximum atomic E-state index is 9.94.